The molecule has 198 valence electrons. The van der Waals surface area contributed by atoms with Crippen LogP contribution in [0.1, 0.15) is 68.6 Å². The van der Waals surface area contributed by atoms with Gasteiger partial charge in [-0.1, -0.05) is 43.5 Å². The molecule has 1 heterocycles. The van der Waals surface area contributed by atoms with Crippen molar-refractivity contribution in [3.8, 4) is 6.07 Å². The lowest BCUT2D eigenvalue weighted by Crippen LogP contribution is -2.44. The molecule has 8 heteroatoms. The fraction of sp³-hybridized carbons (Fsp3) is 0.367. The van der Waals surface area contributed by atoms with Crippen molar-refractivity contribution in [2.24, 2.45) is 5.73 Å². The highest BCUT2D eigenvalue weighted by atomic mass is 19.1. The van der Waals surface area contributed by atoms with Crippen molar-refractivity contribution in [3.05, 3.63) is 87.9 Å². The Balaban J connectivity index is 1.92. The summed E-state index contributed by atoms with van der Waals surface area (Å²) < 4.78 is 19.0. The number of halogens is 1. The monoisotopic (exact) mass is 516 g/mol. The SMILES string of the molecule is CCOC(=O)C1=C(C)N(c2cccc(CF)c2)C(N)=C(C(=O)NC2CCCCC2)C1c1ccc(C#N)cc1. The fourth-order valence-corrected chi connectivity index (χ4v) is 5.35. The van der Waals surface area contributed by atoms with Crippen LogP contribution in [0.3, 0.4) is 0 Å². The van der Waals surface area contributed by atoms with Gasteiger partial charge >= 0.3 is 5.97 Å². The minimum Gasteiger partial charge on any atom is -0.463 e. The number of esters is 1. The van der Waals surface area contributed by atoms with Crippen LogP contribution in [0.2, 0.25) is 0 Å². The third-order valence-corrected chi connectivity index (χ3v) is 7.20. The number of carbonyl (C=O) groups is 2. The first-order valence-electron chi connectivity index (χ1n) is 13.0. The molecule has 1 atom stereocenters. The molecule has 1 amide bonds. The van der Waals surface area contributed by atoms with Crippen LogP contribution in [0.4, 0.5) is 10.1 Å². The molecule has 0 spiro atoms. The largest absolute Gasteiger partial charge is 0.463 e. The quantitative estimate of drug-likeness (QED) is 0.497. The van der Waals surface area contributed by atoms with Crippen molar-refractivity contribution in [2.45, 2.75) is 64.6 Å². The number of nitriles is 1. The molecule has 0 bridgehead atoms. The number of hydrogen-bond acceptors (Lipinski definition) is 6. The maximum atomic E-state index is 14.0. The van der Waals surface area contributed by atoms with Crippen molar-refractivity contribution in [3.63, 3.8) is 0 Å². The molecule has 1 aliphatic heterocycles. The summed E-state index contributed by atoms with van der Waals surface area (Å²) in [6, 6.07) is 15.7. The number of rotatable bonds is 7. The number of nitrogens with one attached hydrogen (secondary N) is 1. The number of carbonyl (C=O) groups excluding carboxylic acids is 2. The average molecular weight is 517 g/mol. The van der Waals surface area contributed by atoms with Gasteiger partial charge in [0.15, 0.2) is 0 Å². The molecule has 38 heavy (non-hydrogen) atoms. The molecule has 0 saturated heterocycles. The van der Waals surface area contributed by atoms with Gasteiger partial charge in [0, 0.05) is 17.4 Å². The maximum Gasteiger partial charge on any atom is 0.336 e. The van der Waals surface area contributed by atoms with E-state index in [0.29, 0.717) is 28.1 Å². The summed E-state index contributed by atoms with van der Waals surface area (Å²) in [5.74, 6) is -1.58. The van der Waals surface area contributed by atoms with Gasteiger partial charge in [-0.05, 0) is 62.1 Å². The van der Waals surface area contributed by atoms with E-state index < -0.39 is 18.6 Å². The van der Waals surface area contributed by atoms with Crippen LogP contribution in [0.25, 0.3) is 0 Å². The first-order valence-corrected chi connectivity index (χ1v) is 13.0. The van der Waals surface area contributed by atoms with Crippen molar-refractivity contribution in [1.82, 2.24) is 5.32 Å². The summed E-state index contributed by atoms with van der Waals surface area (Å²) in [4.78, 5) is 29.0. The number of hydrogen-bond donors (Lipinski definition) is 2. The molecular formula is C30H33FN4O3. The van der Waals surface area contributed by atoms with Crippen molar-refractivity contribution in [2.75, 3.05) is 11.5 Å². The van der Waals surface area contributed by atoms with Crippen LogP contribution in [0, 0.1) is 11.3 Å². The van der Waals surface area contributed by atoms with Gasteiger partial charge in [0.1, 0.15) is 12.5 Å². The van der Waals surface area contributed by atoms with Gasteiger partial charge < -0.3 is 20.7 Å². The van der Waals surface area contributed by atoms with Crippen LogP contribution >= 0.6 is 0 Å². The summed E-state index contributed by atoms with van der Waals surface area (Å²) >= 11 is 0. The van der Waals surface area contributed by atoms with Crippen molar-refractivity contribution < 1.29 is 18.7 Å². The van der Waals surface area contributed by atoms with Gasteiger partial charge in [0.05, 0.1) is 35.3 Å². The van der Waals surface area contributed by atoms with Crippen LogP contribution in [0.5, 0.6) is 0 Å². The van der Waals surface area contributed by atoms with E-state index in [-0.39, 0.29) is 35.5 Å². The number of anilines is 1. The predicted molar refractivity (Wildman–Crippen MR) is 143 cm³/mol. The maximum absolute atomic E-state index is 14.0. The van der Waals surface area contributed by atoms with Gasteiger partial charge in [0.25, 0.3) is 5.91 Å². The Hall–Kier alpha value is -4.12. The Morgan fingerprint density at radius 2 is 1.84 bits per heavy atom. The second kappa shape index (κ2) is 12.0. The third-order valence-electron chi connectivity index (χ3n) is 7.20. The Kier molecular flexibility index (Phi) is 8.47. The van der Waals surface area contributed by atoms with Crippen LogP contribution in [-0.2, 0) is 21.0 Å². The molecule has 0 radical (unpaired) electrons. The van der Waals surface area contributed by atoms with E-state index in [9.17, 15) is 19.2 Å². The number of nitrogens with zero attached hydrogens (tertiary/aromatic N) is 2. The molecule has 1 saturated carbocycles. The van der Waals surface area contributed by atoms with E-state index in [2.05, 4.69) is 11.4 Å². The molecule has 2 aromatic rings. The van der Waals surface area contributed by atoms with Gasteiger partial charge in [-0.15, -0.1) is 0 Å². The van der Waals surface area contributed by atoms with E-state index >= 15 is 0 Å². The van der Waals surface area contributed by atoms with Gasteiger partial charge in [-0.3, -0.25) is 4.79 Å². The van der Waals surface area contributed by atoms with E-state index in [1.807, 2.05) is 0 Å². The summed E-state index contributed by atoms with van der Waals surface area (Å²) in [5, 5.41) is 12.5. The van der Waals surface area contributed by atoms with Gasteiger partial charge in [-0.2, -0.15) is 5.26 Å². The van der Waals surface area contributed by atoms with E-state index in [4.69, 9.17) is 10.5 Å². The van der Waals surface area contributed by atoms with Crippen LogP contribution < -0.4 is 16.0 Å². The summed E-state index contributed by atoms with van der Waals surface area (Å²) in [6.07, 6.45) is 4.96. The number of alkyl halides is 1. The van der Waals surface area contributed by atoms with Gasteiger partial charge in [-0.25, -0.2) is 9.18 Å². The summed E-state index contributed by atoms with van der Waals surface area (Å²) in [6.45, 7) is 2.95. The first kappa shape index (κ1) is 26.9. The normalized spacial score (nSPS) is 18.3. The summed E-state index contributed by atoms with van der Waals surface area (Å²) in [7, 11) is 0. The molecule has 3 N–H and O–H groups in total. The smallest absolute Gasteiger partial charge is 0.336 e. The zero-order valence-electron chi connectivity index (χ0n) is 21.8. The minimum absolute atomic E-state index is 0.0135. The molecule has 1 unspecified atom stereocenters. The van der Waals surface area contributed by atoms with Crippen LogP contribution in [0.15, 0.2) is 71.2 Å². The van der Waals surface area contributed by atoms with Crippen LogP contribution in [-0.4, -0.2) is 24.5 Å². The number of amides is 1. The standard InChI is InChI=1S/C30H33FN4O3/c1-3-38-30(37)25-19(2)35(24-11-7-8-21(16-24)17-31)28(33)27(29(36)34-23-9-5-4-6-10-23)26(25)22-14-12-20(18-32)13-15-22/h7-8,11-16,23,26H,3-6,9-10,17,33H2,1-2H3,(H,34,36). The lowest BCUT2D eigenvalue weighted by Gasteiger charge is -2.38. The van der Waals surface area contributed by atoms with Crippen molar-refractivity contribution >= 4 is 17.6 Å². The fourth-order valence-electron chi connectivity index (χ4n) is 5.35. The van der Waals surface area contributed by atoms with Crippen molar-refractivity contribution in [1.29, 1.82) is 5.26 Å². The second-order valence-corrected chi connectivity index (χ2v) is 9.63. The predicted octanol–water partition coefficient (Wildman–Crippen LogP) is 5.09. The molecular weight excluding hydrogens is 483 g/mol. The van der Waals surface area contributed by atoms with E-state index in [1.165, 1.54) is 0 Å². The lowest BCUT2D eigenvalue weighted by molar-refractivity contribution is -0.138. The minimum atomic E-state index is -0.814. The van der Waals surface area contributed by atoms with Gasteiger partial charge in [0.2, 0.25) is 0 Å². The third kappa shape index (κ3) is 5.42. The highest BCUT2D eigenvalue weighted by molar-refractivity contribution is 6.03. The summed E-state index contributed by atoms with van der Waals surface area (Å²) in [5.41, 5.74) is 9.84. The average Bonchev–Trinajstić information content (AvgIpc) is 2.93. The first-order chi connectivity index (χ1) is 18.4. The number of benzene rings is 2. The van der Waals surface area contributed by atoms with E-state index in [0.717, 1.165) is 32.1 Å². The Bertz CT molecular complexity index is 1300. The highest BCUT2D eigenvalue weighted by Crippen LogP contribution is 2.43. The number of allylic oxidation sites excluding steroid dienone is 1. The second-order valence-electron chi connectivity index (χ2n) is 9.63. The molecule has 1 aliphatic carbocycles. The zero-order valence-corrected chi connectivity index (χ0v) is 21.8. The topological polar surface area (TPSA) is 108 Å². The Morgan fingerprint density at radius 3 is 2.47 bits per heavy atom. The van der Waals surface area contributed by atoms with E-state index in [1.54, 1.807) is 67.3 Å². The highest BCUT2D eigenvalue weighted by Gasteiger charge is 2.41. The molecule has 4 rings (SSSR count). The molecule has 2 aromatic carbocycles. The Labute approximate surface area is 222 Å². The number of nitrogens with two attached hydrogens (primary N) is 1. The lowest BCUT2D eigenvalue weighted by atomic mass is 9.79. The molecule has 7 nitrogen and oxygen atoms in total. The molecule has 2 aliphatic rings. The Morgan fingerprint density at radius 1 is 1.13 bits per heavy atom. The number of ether oxygens (including phenoxy) is 1. The molecule has 0 aromatic heterocycles. The zero-order chi connectivity index (χ0) is 27.2. The molecule has 1 fully saturated rings.